The summed E-state index contributed by atoms with van der Waals surface area (Å²) < 4.78 is 13.2. The van der Waals surface area contributed by atoms with Crippen LogP contribution in [-0.4, -0.2) is 28.5 Å². The van der Waals surface area contributed by atoms with Gasteiger partial charge in [-0.05, 0) is 25.4 Å². The average molecular weight is 247 g/mol. The highest BCUT2D eigenvalue weighted by Crippen LogP contribution is 2.12. The standard InChI is InChI=1S/C9H12ClFN4O/c1-3-12-8(16)5(2)14-7-6(11)4-13-9(10)15-7/h4-5H,3H2,1-2H3,(H,12,16)(H,13,14,15). The maximum Gasteiger partial charge on any atom is 0.242 e. The number of carbonyl (C=O) groups excluding carboxylic acids is 1. The molecule has 7 heteroatoms. The Morgan fingerprint density at radius 2 is 2.38 bits per heavy atom. The topological polar surface area (TPSA) is 66.9 Å². The predicted octanol–water partition coefficient (Wildman–Crippen LogP) is 1.21. The number of rotatable bonds is 4. The van der Waals surface area contributed by atoms with E-state index in [0.29, 0.717) is 6.54 Å². The zero-order chi connectivity index (χ0) is 12.1. The Hall–Kier alpha value is -1.43. The van der Waals surface area contributed by atoms with E-state index >= 15 is 0 Å². The van der Waals surface area contributed by atoms with Gasteiger partial charge in [0, 0.05) is 6.54 Å². The second kappa shape index (κ2) is 5.60. The summed E-state index contributed by atoms with van der Waals surface area (Å²) in [5.41, 5.74) is 0. The molecule has 1 rings (SSSR count). The van der Waals surface area contributed by atoms with E-state index < -0.39 is 11.9 Å². The van der Waals surface area contributed by atoms with Gasteiger partial charge in [-0.2, -0.15) is 4.98 Å². The minimum absolute atomic E-state index is 0.0769. The van der Waals surface area contributed by atoms with E-state index in [1.54, 1.807) is 13.8 Å². The molecule has 0 spiro atoms. The van der Waals surface area contributed by atoms with Crippen molar-refractivity contribution in [3.05, 3.63) is 17.3 Å². The first-order valence-electron chi connectivity index (χ1n) is 4.77. The van der Waals surface area contributed by atoms with Crippen LogP contribution in [0.25, 0.3) is 0 Å². The number of likely N-dealkylation sites (N-methyl/N-ethyl adjacent to an activating group) is 1. The van der Waals surface area contributed by atoms with E-state index in [-0.39, 0.29) is 17.0 Å². The molecule has 1 amide bonds. The lowest BCUT2D eigenvalue weighted by molar-refractivity contribution is -0.121. The largest absolute Gasteiger partial charge is 0.356 e. The van der Waals surface area contributed by atoms with Crippen LogP contribution in [0.4, 0.5) is 10.2 Å². The highest BCUT2D eigenvalue weighted by molar-refractivity contribution is 6.28. The molecule has 0 saturated carbocycles. The molecule has 2 N–H and O–H groups in total. The van der Waals surface area contributed by atoms with E-state index in [0.717, 1.165) is 6.20 Å². The van der Waals surface area contributed by atoms with Crippen LogP contribution in [0.5, 0.6) is 0 Å². The minimum Gasteiger partial charge on any atom is -0.356 e. The van der Waals surface area contributed by atoms with Crippen molar-refractivity contribution >= 4 is 23.3 Å². The Morgan fingerprint density at radius 3 is 3.00 bits per heavy atom. The van der Waals surface area contributed by atoms with Crippen LogP contribution in [0.3, 0.4) is 0 Å². The van der Waals surface area contributed by atoms with Gasteiger partial charge in [0.05, 0.1) is 6.20 Å². The van der Waals surface area contributed by atoms with Crippen LogP contribution in [0, 0.1) is 5.82 Å². The van der Waals surface area contributed by atoms with Gasteiger partial charge in [-0.15, -0.1) is 0 Å². The number of anilines is 1. The summed E-state index contributed by atoms with van der Waals surface area (Å²) in [7, 11) is 0. The summed E-state index contributed by atoms with van der Waals surface area (Å²) in [6.45, 7) is 3.91. The summed E-state index contributed by atoms with van der Waals surface area (Å²) in [5.74, 6) is -0.976. The fraction of sp³-hybridized carbons (Fsp3) is 0.444. The predicted molar refractivity (Wildman–Crippen MR) is 58.8 cm³/mol. The van der Waals surface area contributed by atoms with Gasteiger partial charge in [0.2, 0.25) is 11.2 Å². The highest BCUT2D eigenvalue weighted by Gasteiger charge is 2.14. The Kier molecular flexibility index (Phi) is 4.42. The van der Waals surface area contributed by atoms with Crippen molar-refractivity contribution in [3.63, 3.8) is 0 Å². The van der Waals surface area contributed by atoms with Crippen molar-refractivity contribution in [2.24, 2.45) is 0 Å². The van der Waals surface area contributed by atoms with Crippen molar-refractivity contribution in [1.82, 2.24) is 15.3 Å². The van der Waals surface area contributed by atoms with Crippen molar-refractivity contribution in [2.45, 2.75) is 19.9 Å². The first-order chi connectivity index (χ1) is 7.54. The molecule has 1 unspecified atom stereocenters. The molecule has 0 bridgehead atoms. The molecule has 0 radical (unpaired) electrons. The molecule has 0 fully saturated rings. The summed E-state index contributed by atoms with van der Waals surface area (Å²) >= 11 is 5.51. The monoisotopic (exact) mass is 246 g/mol. The van der Waals surface area contributed by atoms with E-state index in [1.807, 2.05) is 0 Å². The molecule has 1 atom stereocenters. The number of hydrogen-bond acceptors (Lipinski definition) is 4. The number of carbonyl (C=O) groups is 1. The van der Waals surface area contributed by atoms with Crippen LogP contribution in [-0.2, 0) is 4.79 Å². The first kappa shape index (κ1) is 12.6. The lowest BCUT2D eigenvalue weighted by Gasteiger charge is -2.13. The molecule has 0 aliphatic rings. The van der Waals surface area contributed by atoms with E-state index in [4.69, 9.17) is 11.6 Å². The quantitative estimate of drug-likeness (QED) is 0.784. The summed E-state index contributed by atoms with van der Waals surface area (Å²) in [5, 5.41) is 5.14. The first-order valence-corrected chi connectivity index (χ1v) is 5.14. The second-order valence-corrected chi connectivity index (χ2v) is 3.43. The minimum atomic E-state index is -0.652. The molecule has 88 valence electrons. The lowest BCUT2D eigenvalue weighted by Crippen LogP contribution is -2.37. The van der Waals surface area contributed by atoms with Crippen LogP contribution in [0.15, 0.2) is 6.20 Å². The Balaban J connectivity index is 2.72. The fourth-order valence-electron chi connectivity index (χ4n) is 1.04. The normalized spacial score (nSPS) is 12.0. The molecule has 1 aromatic heterocycles. The molecule has 0 aliphatic heterocycles. The smallest absolute Gasteiger partial charge is 0.242 e. The van der Waals surface area contributed by atoms with Gasteiger partial charge in [-0.1, -0.05) is 0 Å². The van der Waals surface area contributed by atoms with Crippen LogP contribution in [0.2, 0.25) is 5.28 Å². The van der Waals surface area contributed by atoms with Gasteiger partial charge in [0.15, 0.2) is 11.6 Å². The third-order valence-electron chi connectivity index (χ3n) is 1.81. The fourth-order valence-corrected chi connectivity index (χ4v) is 1.18. The number of nitrogens with zero attached hydrogens (tertiary/aromatic N) is 2. The third-order valence-corrected chi connectivity index (χ3v) is 1.99. The summed E-state index contributed by atoms with van der Waals surface area (Å²) in [6.07, 6.45) is 0.947. The number of aromatic nitrogens is 2. The van der Waals surface area contributed by atoms with Crippen LogP contribution in [0.1, 0.15) is 13.8 Å². The number of nitrogens with one attached hydrogen (secondary N) is 2. The molecule has 0 aliphatic carbocycles. The van der Waals surface area contributed by atoms with Crippen LogP contribution >= 0.6 is 11.6 Å². The van der Waals surface area contributed by atoms with Crippen molar-refractivity contribution in [1.29, 1.82) is 0 Å². The van der Waals surface area contributed by atoms with E-state index in [9.17, 15) is 9.18 Å². The van der Waals surface area contributed by atoms with Crippen molar-refractivity contribution < 1.29 is 9.18 Å². The maximum absolute atomic E-state index is 13.2. The molecule has 5 nitrogen and oxygen atoms in total. The Bertz CT molecular complexity index is 388. The third kappa shape index (κ3) is 3.30. The lowest BCUT2D eigenvalue weighted by atomic mass is 10.3. The van der Waals surface area contributed by atoms with Gasteiger partial charge in [-0.3, -0.25) is 4.79 Å². The zero-order valence-corrected chi connectivity index (χ0v) is 9.68. The average Bonchev–Trinajstić information content (AvgIpc) is 2.23. The van der Waals surface area contributed by atoms with Crippen molar-refractivity contribution in [3.8, 4) is 0 Å². The van der Waals surface area contributed by atoms with Gasteiger partial charge in [-0.25, -0.2) is 9.37 Å². The maximum atomic E-state index is 13.2. The SMILES string of the molecule is CCNC(=O)C(C)Nc1nc(Cl)ncc1F. The second-order valence-electron chi connectivity index (χ2n) is 3.10. The number of amides is 1. The summed E-state index contributed by atoms with van der Waals surface area (Å²) in [6, 6.07) is -0.597. The van der Waals surface area contributed by atoms with E-state index in [2.05, 4.69) is 20.6 Å². The molecule has 0 aromatic carbocycles. The molecule has 1 aromatic rings. The van der Waals surface area contributed by atoms with E-state index in [1.165, 1.54) is 0 Å². The van der Waals surface area contributed by atoms with Gasteiger partial charge >= 0.3 is 0 Å². The molecule has 1 heterocycles. The van der Waals surface area contributed by atoms with Gasteiger partial charge < -0.3 is 10.6 Å². The molecule has 0 saturated heterocycles. The summed E-state index contributed by atoms with van der Waals surface area (Å²) in [4.78, 5) is 18.5. The Morgan fingerprint density at radius 1 is 1.69 bits per heavy atom. The van der Waals surface area contributed by atoms with Crippen molar-refractivity contribution in [2.75, 3.05) is 11.9 Å². The highest BCUT2D eigenvalue weighted by atomic mass is 35.5. The number of halogens is 2. The number of hydrogen-bond donors (Lipinski definition) is 2. The zero-order valence-electron chi connectivity index (χ0n) is 8.92. The van der Waals surface area contributed by atoms with Gasteiger partial charge in [0.25, 0.3) is 0 Å². The van der Waals surface area contributed by atoms with Gasteiger partial charge in [0.1, 0.15) is 6.04 Å². The molecule has 16 heavy (non-hydrogen) atoms. The Labute approximate surface area is 97.4 Å². The molecular weight excluding hydrogens is 235 g/mol. The molecular formula is C9H12ClFN4O. The van der Waals surface area contributed by atoms with Crippen LogP contribution < -0.4 is 10.6 Å².